The Morgan fingerprint density at radius 2 is 2.57 bits per heavy atom. The van der Waals surface area contributed by atoms with Gasteiger partial charge in [-0.1, -0.05) is 6.08 Å². The molecule has 0 aliphatic carbocycles. The number of amides is 1. The second-order valence-corrected chi connectivity index (χ2v) is 3.53. The first kappa shape index (κ1) is 11.0. The van der Waals surface area contributed by atoms with Crippen LogP contribution >= 0.6 is 0 Å². The number of nitrogens with zero attached hydrogens (tertiary/aromatic N) is 1. The van der Waals surface area contributed by atoms with Crippen molar-refractivity contribution < 1.29 is 9.53 Å². The molecule has 1 unspecified atom stereocenters. The maximum Gasteiger partial charge on any atom is 0.410 e. The number of cyclic esters (lactones) is 1. The Bertz CT molecular complexity index is 206. The first-order valence-electron chi connectivity index (χ1n) is 4.95. The molecule has 0 aromatic rings. The third-order valence-corrected chi connectivity index (χ3v) is 2.33. The monoisotopic (exact) mass is 198 g/mol. The lowest BCUT2D eigenvalue weighted by Gasteiger charge is -2.31. The van der Waals surface area contributed by atoms with Crippen molar-refractivity contribution >= 4 is 6.09 Å². The normalized spacial score (nSPS) is 21.9. The van der Waals surface area contributed by atoms with Crippen LogP contribution in [0.5, 0.6) is 0 Å². The first-order chi connectivity index (χ1) is 6.77. The third-order valence-electron chi connectivity index (χ3n) is 2.33. The van der Waals surface area contributed by atoms with Crippen LogP contribution in [0.15, 0.2) is 12.7 Å². The maximum atomic E-state index is 11.2. The average molecular weight is 198 g/mol. The molecule has 4 nitrogen and oxygen atoms in total. The zero-order valence-corrected chi connectivity index (χ0v) is 8.66. The van der Waals surface area contributed by atoms with Crippen molar-refractivity contribution in [3.05, 3.63) is 12.7 Å². The molecular weight excluding hydrogens is 180 g/mol. The molecule has 1 rings (SSSR count). The van der Waals surface area contributed by atoms with Gasteiger partial charge in [-0.2, -0.15) is 0 Å². The molecule has 0 spiro atoms. The molecule has 1 aliphatic heterocycles. The summed E-state index contributed by atoms with van der Waals surface area (Å²) in [6.07, 6.45) is 2.55. The summed E-state index contributed by atoms with van der Waals surface area (Å²) in [6, 6.07) is 0. The molecule has 1 fully saturated rings. The van der Waals surface area contributed by atoms with Crippen LogP contribution < -0.4 is 5.32 Å². The number of hydrogen-bond acceptors (Lipinski definition) is 3. The van der Waals surface area contributed by atoms with Crippen molar-refractivity contribution in [2.75, 3.05) is 33.3 Å². The highest BCUT2D eigenvalue weighted by Gasteiger charge is 2.25. The molecule has 1 heterocycles. The maximum absolute atomic E-state index is 11.2. The van der Waals surface area contributed by atoms with E-state index in [1.165, 1.54) is 0 Å². The van der Waals surface area contributed by atoms with Gasteiger partial charge < -0.3 is 15.0 Å². The molecule has 0 radical (unpaired) electrons. The molecule has 0 aromatic heterocycles. The van der Waals surface area contributed by atoms with Crippen LogP contribution in [0.4, 0.5) is 4.79 Å². The molecule has 1 amide bonds. The molecule has 80 valence electrons. The van der Waals surface area contributed by atoms with Crippen molar-refractivity contribution in [2.24, 2.45) is 5.92 Å². The SMILES string of the molecule is C=CCN1CC(CCNC)COC1=O. The second kappa shape index (κ2) is 5.65. The van der Waals surface area contributed by atoms with E-state index in [2.05, 4.69) is 11.9 Å². The summed E-state index contributed by atoms with van der Waals surface area (Å²) in [7, 11) is 1.93. The second-order valence-electron chi connectivity index (χ2n) is 3.53. The molecule has 1 N–H and O–H groups in total. The van der Waals surface area contributed by atoms with E-state index in [0.29, 0.717) is 19.1 Å². The molecule has 0 bridgehead atoms. The lowest BCUT2D eigenvalue weighted by atomic mass is 10.1. The van der Waals surface area contributed by atoms with E-state index in [9.17, 15) is 4.79 Å². The van der Waals surface area contributed by atoms with Gasteiger partial charge in [-0.05, 0) is 20.0 Å². The number of ether oxygens (including phenoxy) is 1. The highest BCUT2D eigenvalue weighted by Crippen LogP contribution is 2.13. The van der Waals surface area contributed by atoms with Gasteiger partial charge in [0.1, 0.15) is 0 Å². The predicted octanol–water partition coefficient (Wildman–Crippen LogP) is 0.850. The Morgan fingerprint density at radius 1 is 1.79 bits per heavy atom. The average Bonchev–Trinajstić information content (AvgIpc) is 2.19. The zero-order valence-electron chi connectivity index (χ0n) is 8.66. The molecule has 14 heavy (non-hydrogen) atoms. The van der Waals surface area contributed by atoms with Crippen molar-refractivity contribution in [2.45, 2.75) is 6.42 Å². The van der Waals surface area contributed by atoms with Crippen LogP contribution in [0.3, 0.4) is 0 Å². The Kier molecular flexibility index (Phi) is 4.46. The van der Waals surface area contributed by atoms with E-state index in [-0.39, 0.29) is 6.09 Å². The summed E-state index contributed by atoms with van der Waals surface area (Å²) in [5.41, 5.74) is 0. The minimum absolute atomic E-state index is 0.217. The molecule has 1 atom stereocenters. The summed E-state index contributed by atoms with van der Waals surface area (Å²) in [4.78, 5) is 12.9. The van der Waals surface area contributed by atoms with E-state index in [4.69, 9.17) is 4.74 Å². The largest absolute Gasteiger partial charge is 0.449 e. The minimum atomic E-state index is -0.217. The summed E-state index contributed by atoms with van der Waals surface area (Å²) in [5, 5.41) is 3.09. The number of rotatable bonds is 5. The van der Waals surface area contributed by atoms with E-state index < -0.39 is 0 Å². The van der Waals surface area contributed by atoms with Gasteiger partial charge in [-0.25, -0.2) is 4.79 Å². The van der Waals surface area contributed by atoms with Gasteiger partial charge >= 0.3 is 6.09 Å². The molecule has 0 aromatic carbocycles. The predicted molar refractivity (Wildman–Crippen MR) is 55.2 cm³/mol. The number of carbonyl (C=O) groups is 1. The topological polar surface area (TPSA) is 41.6 Å². The van der Waals surface area contributed by atoms with Crippen molar-refractivity contribution in [3.63, 3.8) is 0 Å². The molecule has 1 aliphatic rings. The van der Waals surface area contributed by atoms with Crippen molar-refractivity contribution in [1.29, 1.82) is 0 Å². The Balaban J connectivity index is 2.36. The van der Waals surface area contributed by atoms with E-state index in [1.807, 2.05) is 7.05 Å². The third kappa shape index (κ3) is 3.03. The highest BCUT2D eigenvalue weighted by atomic mass is 16.6. The van der Waals surface area contributed by atoms with Gasteiger partial charge in [0.05, 0.1) is 6.61 Å². The van der Waals surface area contributed by atoms with Crippen LogP contribution in [0, 0.1) is 5.92 Å². The zero-order chi connectivity index (χ0) is 10.4. The first-order valence-corrected chi connectivity index (χ1v) is 4.95. The fraction of sp³-hybridized carbons (Fsp3) is 0.700. The van der Waals surface area contributed by atoms with Crippen molar-refractivity contribution in [3.8, 4) is 0 Å². The summed E-state index contributed by atoms with van der Waals surface area (Å²) >= 11 is 0. The lowest BCUT2D eigenvalue weighted by molar-refractivity contribution is 0.0454. The number of carbonyl (C=O) groups excluding carboxylic acids is 1. The fourth-order valence-corrected chi connectivity index (χ4v) is 1.55. The van der Waals surface area contributed by atoms with E-state index >= 15 is 0 Å². The van der Waals surface area contributed by atoms with Gasteiger partial charge in [-0.3, -0.25) is 0 Å². The van der Waals surface area contributed by atoms with Crippen LogP contribution in [0.2, 0.25) is 0 Å². The van der Waals surface area contributed by atoms with Gasteiger partial charge in [0, 0.05) is 19.0 Å². The Morgan fingerprint density at radius 3 is 3.21 bits per heavy atom. The fourth-order valence-electron chi connectivity index (χ4n) is 1.55. The highest BCUT2D eigenvalue weighted by molar-refractivity contribution is 5.68. The van der Waals surface area contributed by atoms with Crippen LogP contribution in [0.1, 0.15) is 6.42 Å². The van der Waals surface area contributed by atoms with E-state index in [0.717, 1.165) is 19.5 Å². The summed E-state index contributed by atoms with van der Waals surface area (Å²) in [6.45, 7) is 6.49. The standard InChI is InChI=1S/C10H18N2O2/c1-3-6-12-7-9(4-5-11-2)8-14-10(12)13/h3,9,11H,1,4-8H2,2H3. The van der Waals surface area contributed by atoms with Crippen LogP contribution in [-0.2, 0) is 4.74 Å². The summed E-state index contributed by atoms with van der Waals surface area (Å²) in [5.74, 6) is 0.445. The van der Waals surface area contributed by atoms with Gasteiger partial charge in [0.2, 0.25) is 0 Å². The molecular formula is C10H18N2O2. The number of hydrogen-bond donors (Lipinski definition) is 1. The summed E-state index contributed by atoms with van der Waals surface area (Å²) < 4.78 is 5.06. The lowest BCUT2D eigenvalue weighted by Crippen LogP contribution is -2.43. The molecule has 0 saturated carbocycles. The smallest absolute Gasteiger partial charge is 0.410 e. The van der Waals surface area contributed by atoms with Crippen LogP contribution in [0.25, 0.3) is 0 Å². The Labute approximate surface area is 84.9 Å². The quantitative estimate of drug-likeness (QED) is 0.666. The molecule has 1 saturated heterocycles. The Hall–Kier alpha value is -1.03. The number of nitrogens with one attached hydrogen (secondary N) is 1. The van der Waals surface area contributed by atoms with Gasteiger partial charge in [-0.15, -0.1) is 6.58 Å². The van der Waals surface area contributed by atoms with Gasteiger partial charge in [0.15, 0.2) is 0 Å². The van der Waals surface area contributed by atoms with E-state index in [1.54, 1.807) is 11.0 Å². The van der Waals surface area contributed by atoms with Gasteiger partial charge in [0.25, 0.3) is 0 Å². The van der Waals surface area contributed by atoms with Crippen molar-refractivity contribution in [1.82, 2.24) is 10.2 Å². The minimum Gasteiger partial charge on any atom is -0.449 e. The van der Waals surface area contributed by atoms with Crippen LogP contribution in [-0.4, -0.2) is 44.3 Å². The molecule has 4 heteroatoms.